The van der Waals surface area contributed by atoms with E-state index in [1.165, 1.54) is 0 Å². The first-order valence-electron chi connectivity index (χ1n) is 7.24. The van der Waals surface area contributed by atoms with E-state index in [2.05, 4.69) is 60.7 Å². The molecule has 0 saturated carbocycles. The van der Waals surface area contributed by atoms with E-state index >= 15 is 0 Å². The summed E-state index contributed by atoms with van der Waals surface area (Å²) in [5.74, 6) is 0. The molecule has 2 rings (SSSR count). The predicted molar refractivity (Wildman–Crippen MR) is 91.1 cm³/mol. The maximum Gasteiger partial charge on any atom is 0.0901 e. The van der Waals surface area contributed by atoms with E-state index < -0.39 is 0 Å². The molecule has 114 valence electrons. The molecule has 0 radical (unpaired) electrons. The van der Waals surface area contributed by atoms with Crippen molar-refractivity contribution in [1.82, 2.24) is 4.98 Å². The first-order chi connectivity index (χ1) is 9.89. The Balaban J connectivity index is 1.99. The Hall–Kier alpha value is -1.39. The van der Waals surface area contributed by atoms with Gasteiger partial charge in [0.05, 0.1) is 16.3 Å². The summed E-state index contributed by atoms with van der Waals surface area (Å²) in [6.45, 7) is 8.43. The summed E-state index contributed by atoms with van der Waals surface area (Å²) in [6.07, 6.45) is 0.955. The van der Waals surface area contributed by atoms with Crippen molar-refractivity contribution in [1.29, 1.82) is 0 Å². The van der Waals surface area contributed by atoms with Crippen molar-refractivity contribution >= 4 is 17.0 Å². The number of ether oxygens (including phenoxy) is 1. The van der Waals surface area contributed by atoms with Crippen molar-refractivity contribution in [2.75, 3.05) is 12.4 Å². The highest BCUT2D eigenvalue weighted by molar-refractivity contribution is 7.09. The van der Waals surface area contributed by atoms with Gasteiger partial charge in [-0.2, -0.15) is 0 Å². The number of anilines is 1. The molecule has 0 aliphatic carbocycles. The number of rotatable bonds is 6. The zero-order valence-electron chi connectivity index (χ0n) is 13.4. The van der Waals surface area contributed by atoms with Crippen LogP contribution in [0.2, 0.25) is 0 Å². The molecule has 1 aromatic carbocycles. The maximum atomic E-state index is 5.48. The Morgan fingerprint density at radius 1 is 1.29 bits per heavy atom. The quantitative estimate of drug-likeness (QED) is 0.837. The van der Waals surface area contributed by atoms with Crippen LogP contribution in [0, 0.1) is 6.92 Å². The van der Waals surface area contributed by atoms with Gasteiger partial charge in [0.2, 0.25) is 0 Å². The van der Waals surface area contributed by atoms with Crippen LogP contribution in [0.1, 0.15) is 32.2 Å². The average molecular weight is 304 g/mol. The first-order valence-corrected chi connectivity index (χ1v) is 8.12. The summed E-state index contributed by atoms with van der Waals surface area (Å²) in [5.41, 5.74) is 3.24. The van der Waals surface area contributed by atoms with E-state index in [0.29, 0.717) is 6.04 Å². The van der Waals surface area contributed by atoms with Crippen molar-refractivity contribution in [2.45, 2.75) is 45.8 Å². The zero-order chi connectivity index (χ0) is 15.5. The highest BCUT2D eigenvalue weighted by Crippen LogP contribution is 2.24. The molecular formula is C17H24N2OS. The molecule has 0 spiro atoms. The number of nitrogens with one attached hydrogen (secondary N) is 1. The number of aromatic nitrogens is 1. The Kier molecular flexibility index (Phi) is 5.01. The largest absolute Gasteiger partial charge is 0.382 e. The van der Waals surface area contributed by atoms with Gasteiger partial charge in [-0.25, -0.2) is 4.98 Å². The van der Waals surface area contributed by atoms with E-state index in [1.807, 2.05) is 6.92 Å². The van der Waals surface area contributed by atoms with Crippen LogP contribution in [0.25, 0.3) is 11.3 Å². The molecule has 1 unspecified atom stereocenters. The van der Waals surface area contributed by atoms with Crippen molar-refractivity contribution in [2.24, 2.45) is 0 Å². The van der Waals surface area contributed by atoms with Gasteiger partial charge < -0.3 is 10.1 Å². The smallest absolute Gasteiger partial charge is 0.0901 e. The van der Waals surface area contributed by atoms with Crippen LogP contribution in [0.5, 0.6) is 0 Å². The molecule has 0 aliphatic rings. The summed E-state index contributed by atoms with van der Waals surface area (Å²) >= 11 is 1.68. The molecule has 1 aromatic heterocycles. The third kappa shape index (κ3) is 4.55. The molecule has 0 amide bonds. The fourth-order valence-corrected chi connectivity index (χ4v) is 3.01. The fourth-order valence-electron chi connectivity index (χ4n) is 2.39. The summed E-state index contributed by atoms with van der Waals surface area (Å²) in [7, 11) is 1.76. The van der Waals surface area contributed by atoms with E-state index in [-0.39, 0.29) is 5.60 Å². The minimum Gasteiger partial charge on any atom is -0.382 e. The highest BCUT2D eigenvalue weighted by atomic mass is 32.1. The van der Waals surface area contributed by atoms with Crippen molar-refractivity contribution in [3.8, 4) is 11.3 Å². The first kappa shape index (κ1) is 16.0. The predicted octanol–water partition coefficient (Wildman–Crippen LogP) is 4.73. The zero-order valence-corrected chi connectivity index (χ0v) is 14.3. The molecule has 1 atom stereocenters. The van der Waals surface area contributed by atoms with Crippen LogP contribution in [0.4, 0.5) is 5.69 Å². The number of benzene rings is 1. The summed E-state index contributed by atoms with van der Waals surface area (Å²) in [4.78, 5) is 4.51. The van der Waals surface area contributed by atoms with Crippen molar-refractivity contribution < 1.29 is 4.74 Å². The second kappa shape index (κ2) is 6.58. The van der Waals surface area contributed by atoms with Gasteiger partial charge in [-0.1, -0.05) is 12.1 Å². The lowest BCUT2D eigenvalue weighted by Gasteiger charge is -2.27. The topological polar surface area (TPSA) is 34.1 Å². The Labute approximate surface area is 131 Å². The number of thiazole rings is 1. The third-order valence-electron chi connectivity index (χ3n) is 3.56. The number of nitrogens with zero attached hydrogens (tertiary/aromatic N) is 1. The molecular weight excluding hydrogens is 280 g/mol. The molecule has 1 N–H and O–H groups in total. The van der Waals surface area contributed by atoms with E-state index in [9.17, 15) is 0 Å². The van der Waals surface area contributed by atoms with Gasteiger partial charge in [-0.05, 0) is 46.2 Å². The van der Waals surface area contributed by atoms with Gasteiger partial charge in [0.25, 0.3) is 0 Å². The fraction of sp³-hybridized carbons (Fsp3) is 0.471. The minimum atomic E-state index is -0.107. The van der Waals surface area contributed by atoms with Gasteiger partial charge in [0, 0.05) is 29.8 Å². The van der Waals surface area contributed by atoms with Crippen LogP contribution in [-0.2, 0) is 4.74 Å². The van der Waals surface area contributed by atoms with Crippen LogP contribution in [0.3, 0.4) is 0 Å². The van der Waals surface area contributed by atoms with Crippen LogP contribution < -0.4 is 5.32 Å². The van der Waals surface area contributed by atoms with E-state index in [1.54, 1.807) is 18.4 Å². The van der Waals surface area contributed by atoms with Gasteiger partial charge in [-0.15, -0.1) is 11.3 Å². The van der Waals surface area contributed by atoms with Crippen LogP contribution >= 0.6 is 11.3 Å². The molecule has 0 fully saturated rings. The molecule has 1 heterocycles. The second-order valence-corrected chi connectivity index (χ2v) is 7.10. The van der Waals surface area contributed by atoms with Crippen molar-refractivity contribution in [3.05, 3.63) is 34.7 Å². The molecule has 21 heavy (non-hydrogen) atoms. The molecule has 2 aromatic rings. The Morgan fingerprint density at radius 3 is 2.48 bits per heavy atom. The summed E-state index contributed by atoms with van der Waals surface area (Å²) in [6, 6.07) is 8.81. The van der Waals surface area contributed by atoms with Gasteiger partial charge in [0.15, 0.2) is 0 Å². The Bertz CT molecular complexity index is 575. The average Bonchev–Trinajstić information content (AvgIpc) is 2.85. The van der Waals surface area contributed by atoms with Crippen LogP contribution in [-0.4, -0.2) is 23.7 Å². The third-order valence-corrected chi connectivity index (χ3v) is 4.34. The number of aryl methyl sites for hydroxylation is 1. The number of methoxy groups -OCH3 is 1. The standard InChI is InChI=1S/C17H24N2OS/c1-12(10-17(3,4)20-5)18-15-8-6-14(7-9-15)16-11-21-13(2)19-16/h6-9,11-12,18H,10H2,1-5H3. The second-order valence-electron chi connectivity index (χ2n) is 6.04. The van der Waals surface area contributed by atoms with Gasteiger partial charge in [-0.3, -0.25) is 0 Å². The molecule has 0 aliphatic heterocycles. The van der Waals surface area contributed by atoms with Gasteiger partial charge >= 0.3 is 0 Å². The lowest BCUT2D eigenvalue weighted by molar-refractivity contribution is 0.0128. The van der Waals surface area contributed by atoms with Crippen molar-refractivity contribution in [3.63, 3.8) is 0 Å². The monoisotopic (exact) mass is 304 g/mol. The normalized spacial score (nSPS) is 13.2. The SMILES string of the molecule is COC(C)(C)CC(C)Nc1ccc(-c2csc(C)n2)cc1. The molecule has 4 heteroatoms. The van der Waals surface area contributed by atoms with E-state index in [4.69, 9.17) is 4.74 Å². The summed E-state index contributed by atoms with van der Waals surface area (Å²) in [5, 5.41) is 6.72. The molecule has 0 bridgehead atoms. The number of hydrogen-bond donors (Lipinski definition) is 1. The highest BCUT2D eigenvalue weighted by Gasteiger charge is 2.19. The van der Waals surface area contributed by atoms with Gasteiger partial charge in [0.1, 0.15) is 0 Å². The maximum absolute atomic E-state index is 5.48. The minimum absolute atomic E-state index is 0.107. The van der Waals surface area contributed by atoms with E-state index in [0.717, 1.165) is 28.4 Å². The van der Waals surface area contributed by atoms with Crippen LogP contribution in [0.15, 0.2) is 29.6 Å². The molecule has 0 saturated heterocycles. The Morgan fingerprint density at radius 2 is 1.95 bits per heavy atom. The molecule has 3 nitrogen and oxygen atoms in total. The lowest BCUT2D eigenvalue weighted by Crippen LogP contribution is -2.31. The summed E-state index contributed by atoms with van der Waals surface area (Å²) < 4.78 is 5.48. The number of hydrogen-bond acceptors (Lipinski definition) is 4. The lowest BCUT2D eigenvalue weighted by atomic mass is 9.99.